The number of aliphatic hydroxyl groups is 1. The molecule has 1 rings (SSSR count). The third kappa shape index (κ3) is 12.2. The van der Waals surface area contributed by atoms with Crippen LogP contribution in [0.15, 0.2) is 12.2 Å². The molecule has 1 fully saturated rings. The molecule has 1 aliphatic heterocycles. The first-order chi connectivity index (χ1) is 17.1. The highest BCUT2D eigenvalue weighted by Crippen LogP contribution is 2.19. The van der Waals surface area contributed by atoms with Gasteiger partial charge in [0.1, 0.15) is 18.2 Å². The van der Waals surface area contributed by atoms with E-state index in [2.05, 4.69) is 16.0 Å². The van der Waals surface area contributed by atoms with Crippen LogP contribution in [0.1, 0.15) is 52.9 Å². The summed E-state index contributed by atoms with van der Waals surface area (Å²) in [6, 6.07) is -2.43. The Morgan fingerprint density at radius 1 is 1.08 bits per heavy atom. The number of nitrogens with one attached hydrogen (secondary N) is 3. The summed E-state index contributed by atoms with van der Waals surface area (Å²) in [6.07, 6.45) is 6.70. The molecule has 206 valence electrons. The van der Waals surface area contributed by atoms with Crippen molar-refractivity contribution >= 4 is 57.0 Å². The first kappa shape index (κ1) is 32.7. The van der Waals surface area contributed by atoms with Crippen molar-refractivity contribution in [1.82, 2.24) is 16.0 Å². The van der Waals surface area contributed by atoms with Gasteiger partial charge in [-0.25, -0.2) is 0 Å². The summed E-state index contributed by atoms with van der Waals surface area (Å²) in [5.41, 5.74) is 0. The van der Waals surface area contributed by atoms with Gasteiger partial charge in [-0.2, -0.15) is 11.8 Å². The first-order valence-electron chi connectivity index (χ1n) is 12.2. The molecule has 1 saturated heterocycles. The highest BCUT2D eigenvalue weighted by molar-refractivity contribution is 8.76. The van der Waals surface area contributed by atoms with Gasteiger partial charge in [0.15, 0.2) is 0 Å². The van der Waals surface area contributed by atoms with Crippen molar-refractivity contribution in [1.29, 1.82) is 0 Å². The first-order valence-corrected chi connectivity index (χ1v) is 16.3. The normalized spacial score (nSPS) is 27.9. The molecular weight excluding hydrogens is 522 g/mol. The molecule has 0 radical (unpaired) electrons. The number of esters is 1. The summed E-state index contributed by atoms with van der Waals surface area (Å²) in [7, 11) is 3.36. The van der Waals surface area contributed by atoms with Crippen LogP contribution in [0, 0.1) is 5.92 Å². The summed E-state index contributed by atoms with van der Waals surface area (Å²) in [5, 5.41) is 19.0. The third-order valence-corrected chi connectivity index (χ3v) is 8.37. The highest BCUT2D eigenvalue weighted by atomic mass is 33.1. The van der Waals surface area contributed by atoms with E-state index in [0.29, 0.717) is 18.6 Å². The van der Waals surface area contributed by atoms with E-state index in [1.807, 2.05) is 32.4 Å². The zero-order valence-electron chi connectivity index (χ0n) is 21.8. The minimum absolute atomic E-state index is 0.127. The topological polar surface area (TPSA) is 134 Å². The molecule has 0 aromatic heterocycles. The molecule has 6 atom stereocenters. The summed E-state index contributed by atoms with van der Waals surface area (Å²) in [4.78, 5) is 51.3. The molecule has 0 aromatic rings. The maximum absolute atomic E-state index is 12.9. The number of thioether (sulfide) groups is 1. The molecule has 9 nitrogen and oxygen atoms in total. The Labute approximate surface area is 226 Å². The number of allylic oxidation sites excluding steroid dienone is 1. The van der Waals surface area contributed by atoms with E-state index >= 15 is 0 Å². The maximum Gasteiger partial charge on any atom is 0.309 e. The highest BCUT2D eigenvalue weighted by Gasteiger charge is 2.32. The van der Waals surface area contributed by atoms with Crippen LogP contribution in [-0.4, -0.2) is 83.1 Å². The zero-order chi connectivity index (χ0) is 27.1. The molecular formula is C24H41N3O6S3. The summed E-state index contributed by atoms with van der Waals surface area (Å²) in [6.45, 7) is 5.34. The number of hydrogen-bond donors (Lipinski definition) is 4. The average molecular weight is 564 g/mol. The van der Waals surface area contributed by atoms with E-state index in [9.17, 15) is 24.3 Å². The van der Waals surface area contributed by atoms with Crippen LogP contribution in [0.2, 0.25) is 0 Å². The second-order valence-electron chi connectivity index (χ2n) is 8.76. The van der Waals surface area contributed by atoms with Gasteiger partial charge in [-0.05, 0) is 50.0 Å². The average Bonchev–Trinajstić information content (AvgIpc) is 2.83. The van der Waals surface area contributed by atoms with Crippen molar-refractivity contribution in [2.45, 2.75) is 83.2 Å². The molecule has 12 heteroatoms. The zero-order valence-corrected chi connectivity index (χ0v) is 24.2. The molecule has 0 saturated carbocycles. The van der Waals surface area contributed by atoms with Gasteiger partial charge in [-0.15, -0.1) is 0 Å². The van der Waals surface area contributed by atoms with E-state index in [1.165, 1.54) is 11.8 Å². The van der Waals surface area contributed by atoms with E-state index in [0.717, 1.165) is 12.2 Å². The Balaban J connectivity index is 3.21. The number of cyclic esters (lactones) is 1. The fraction of sp³-hybridized carbons (Fsp3) is 0.750. The monoisotopic (exact) mass is 563 g/mol. The molecule has 0 aromatic carbocycles. The lowest BCUT2D eigenvalue weighted by molar-refractivity contribution is -0.151. The second kappa shape index (κ2) is 18.0. The summed E-state index contributed by atoms with van der Waals surface area (Å²) >= 11 is 1.54. The molecule has 1 heterocycles. The van der Waals surface area contributed by atoms with E-state index in [4.69, 9.17) is 4.74 Å². The maximum atomic E-state index is 12.9. The van der Waals surface area contributed by atoms with Crippen molar-refractivity contribution in [2.75, 3.05) is 24.0 Å². The quantitative estimate of drug-likeness (QED) is 0.137. The Morgan fingerprint density at radius 2 is 1.81 bits per heavy atom. The Hall–Kier alpha value is -1.37. The van der Waals surface area contributed by atoms with Gasteiger partial charge in [0.05, 0.1) is 25.0 Å². The number of ether oxygens (including phenoxy) is 1. The molecule has 0 bridgehead atoms. The minimum atomic E-state index is -1.19. The number of rotatable bonds is 10. The number of carbonyl (C=O) groups is 4. The SMILES string of the molecule is CC[C@H](C)[C@@H]1NC(=O)[C@@H](C)NC(=O)[C@@H](CCSC)NC(=O)C[C@@H](/C=C/CCSSC)OC(=O)C[C@@H]1O. The van der Waals surface area contributed by atoms with Gasteiger partial charge >= 0.3 is 5.97 Å². The molecule has 4 N–H and O–H groups in total. The van der Waals surface area contributed by atoms with Crippen LogP contribution in [0.3, 0.4) is 0 Å². The van der Waals surface area contributed by atoms with Gasteiger partial charge in [-0.1, -0.05) is 47.9 Å². The minimum Gasteiger partial charge on any atom is -0.457 e. The van der Waals surface area contributed by atoms with Crippen molar-refractivity contribution < 1.29 is 29.0 Å². The lowest BCUT2D eigenvalue weighted by atomic mass is 9.92. The predicted octanol–water partition coefficient (Wildman–Crippen LogP) is 2.28. The molecule has 1 aliphatic rings. The summed E-state index contributed by atoms with van der Waals surface area (Å²) < 4.78 is 5.55. The lowest BCUT2D eigenvalue weighted by Crippen LogP contribution is -2.56. The van der Waals surface area contributed by atoms with Crippen LogP contribution < -0.4 is 16.0 Å². The largest absolute Gasteiger partial charge is 0.457 e. The van der Waals surface area contributed by atoms with Crippen molar-refractivity contribution in [3.05, 3.63) is 12.2 Å². The Morgan fingerprint density at radius 3 is 2.44 bits per heavy atom. The standard InChI is InChI=1S/C24H41N3O6S3/c1-6-15(2)22-19(28)14-21(30)33-17(9-7-8-11-36-35-5)13-20(29)26-18(10-12-34-4)24(32)25-16(3)23(31)27-22/h7,9,15-19,22,28H,6,8,10-14H2,1-5H3,(H,25,32)(H,26,29)(H,27,31)/b9-7+/t15-,16+,17+,18+,19-,22-/m0/s1. The Bertz CT molecular complexity index is 755. The molecule has 3 amide bonds. The lowest BCUT2D eigenvalue weighted by Gasteiger charge is -2.30. The third-order valence-electron chi connectivity index (χ3n) is 5.88. The molecule has 0 spiro atoms. The molecule has 0 aliphatic carbocycles. The van der Waals surface area contributed by atoms with Gasteiger partial charge in [-0.3, -0.25) is 19.2 Å². The number of amides is 3. The summed E-state index contributed by atoms with van der Waals surface area (Å²) in [5.74, 6) is -0.674. The second-order valence-corrected chi connectivity index (χ2v) is 12.4. The number of carbonyl (C=O) groups excluding carboxylic acids is 4. The van der Waals surface area contributed by atoms with Crippen molar-refractivity contribution in [2.24, 2.45) is 5.92 Å². The van der Waals surface area contributed by atoms with Crippen LogP contribution >= 0.6 is 33.3 Å². The van der Waals surface area contributed by atoms with Gasteiger partial charge in [0.2, 0.25) is 17.7 Å². The number of aliphatic hydroxyl groups excluding tert-OH is 1. The molecule has 0 unspecified atom stereocenters. The van der Waals surface area contributed by atoms with E-state index in [1.54, 1.807) is 34.6 Å². The fourth-order valence-corrected chi connectivity index (χ4v) is 5.25. The van der Waals surface area contributed by atoms with E-state index in [-0.39, 0.29) is 18.8 Å². The van der Waals surface area contributed by atoms with Crippen molar-refractivity contribution in [3.63, 3.8) is 0 Å². The number of hydrogen-bond acceptors (Lipinski definition) is 9. The van der Waals surface area contributed by atoms with Crippen molar-refractivity contribution in [3.8, 4) is 0 Å². The van der Waals surface area contributed by atoms with E-state index < -0.39 is 54.0 Å². The van der Waals surface area contributed by atoms with Gasteiger partial charge in [0, 0.05) is 5.75 Å². The fourth-order valence-electron chi connectivity index (χ4n) is 3.59. The smallest absolute Gasteiger partial charge is 0.309 e. The Kier molecular flexibility index (Phi) is 16.3. The predicted molar refractivity (Wildman–Crippen MR) is 149 cm³/mol. The molecule has 36 heavy (non-hydrogen) atoms. The van der Waals surface area contributed by atoms with Crippen LogP contribution in [-0.2, 0) is 23.9 Å². The van der Waals surface area contributed by atoms with Crippen LogP contribution in [0.5, 0.6) is 0 Å². The van der Waals surface area contributed by atoms with Crippen LogP contribution in [0.25, 0.3) is 0 Å². The van der Waals surface area contributed by atoms with Gasteiger partial charge < -0.3 is 25.8 Å². The van der Waals surface area contributed by atoms with Gasteiger partial charge in [0.25, 0.3) is 0 Å². The van der Waals surface area contributed by atoms with Crippen LogP contribution in [0.4, 0.5) is 0 Å².